The normalized spacial score (nSPS) is 30.2. The Morgan fingerprint density at radius 1 is 1.17 bits per heavy atom. The average molecular weight is 368 g/mol. The summed E-state index contributed by atoms with van der Waals surface area (Å²) >= 11 is 12.0. The van der Waals surface area contributed by atoms with Gasteiger partial charge >= 0.3 is 5.97 Å². The molecular formula is C18H19Cl2NO3. The highest BCUT2D eigenvalue weighted by Crippen LogP contribution is 2.60. The van der Waals surface area contributed by atoms with Crippen LogP contribution in [0, 0.1) is 17.3 Å². The molecule has 0 radical (unpaired) electrons. The topological polar surface area (TPSA) is 57.6 Å². The van der Waals surface area contributed by atoms with Gasteiger partial charge in [0.05, 0.1) is 16.0 Å². The van der Waals surface area contributed by atoms with Crippen LogP contribution in [0.15, 0.2) is 18.2 Å². The van der Waals surface area contributed by atoms with Crippen LogP contribution in [-0.4, -0.2) is 35.0 Å². The highest BCUT2D eigenvalue weighted by molar-refractivity contribution is 6.42. The number of halogens is 2. The standard InChI is InChI=1S/C18H19Cl2NO3/c19-14-2-1-10(7-15(14)20)11-8-12(11)16(22)21-5-3-18(4-6-21)9-13(18)17(23)24/h1-2,7,11-13H,3-6,8-9H2,(H,23,24). The zero-order valence-electron chi connectivity index (χ0n) is 13.2. The Bertz CT molecular complexity index is 712. The van der Waals surface area contributed by atoms with Crippen LogP contribution in [-0.2, 0) is 9.59 Å². The van der Waals surface area contributed by atoms with Crippen LogP contribution in [0.3, 0.4) is 0 Å². The summed E-state index contributed by atoms with van der Waals surface area (Å²) in [4.78, 5) is 25.7. The lowest BCUT2D eigenvalue weighted by Crippen LogP contribution is -2.41. The van der Waals surface area contributed by atoms with Gasteiger partial charge < -0.3 is 10.0 Å². The second-order valence-electron chi connectivity index (χ2n) is 7.40. The highest BCUT2D eigenvalue weighted by atomic mass is 35.5. The van der Waals surface area contributed by atoms with Crippen molar-refractivity contribution >= 4 is 35.1 Å². The summed E-state index contributed by atoms with van der Waals surface area (Å²) in [5, 5.41) is 10.2. The molecule has 4 rings (SSSR count). The van der Waals surface area contributed by atoms with E-state index < -0.39 is 5.97 Å². The summed E-state index contributed by atoms with van der Waals surface area (Å²) < 4.78 is 0. The molecule has 1 N–H and O–H groups in total. The Hall–Kier alpha value is -1.26. The molecule has 4 nitrogen and oxygen atoms in total. The zero-order valence-corrected chi connectivity index (χ0v) is 14.7. The largest absolute Gasteiger partial charge is 0.481 e. The van der Waals surface area contributed by atoms with Gasteiger partial charge in [0.1, 0.15) is 0 Å². The fourth-order valence-electron chi connectivity index (χ4n) is 4.24. The van der Waals surface area contributed by atoms with Crippen molar-refractivity contribution in [1.29, 1.82) is 0 Å². The number of carboxylic acid groups (broad SMARTS) is 1. The zero-order chi connectivity index (χ0) is 17.1. The number of carbonyl (C=O) groups is 2. The number of amides is 1. The minimum absolute atomic E-state index is 0.0325. The Kier molecular flexibility index (Phi) is 3.81. The fraction of sp³-hybridized carbons (Fsp3) is 0.556. The van der Waals surface area contributed by atoms with E-state index in [9.17, 15) is 9.59 Å². The predicted octanol–water partition coefficient (Wildman–Crippen LogP) is 3.81. The molecule has 0 aromatic heterocycles. The average Bonchev–Trinajstić information content (AvgIpc) is 3.45. The number of likely N-dealkylation sites (tertiary alicyclic amines) is 1. The molecule has 128 valence electrons. The summed E-state index contributed by atoms with van der Waals surface area (Å²) in [6, 6.07) is 5.58. The van der Waals surface area contributed by atoms with Crippen LogP contribution in [0.1, 0.15) is 37.2 Å². The van der Waals surface area contributed by atoms with Crippen molar-refractivity contribution in [2.45, 2.75) is 31.6 Å². The monoisotopic (exact) mass is 367 g/mol. The van der Waals surface area contributed by atoms with Gasteiger partial charge in [-0.1, -0.05) is 29.3 Å². The van der Waals surface area contributed by atoms with E-state index in [1.807, 2.05) is 17.0 Å². The fourth-order valence-corrected chi connectivity index (χ4v) is 4.54. The van der Waals surface area contributed by atoms with Crippen molar-refractivity contribution in [1.82, 2.24) is 4.90 Å². The lowest BCUT2D eigenvalue weighted by molar-refractivity contribution is -0.140. The third-order valence-corrected chi connectivity index (χ3v) is 6.78. The molecule has 2 saturated carbocycles. The number of piperidine rings is 1. The SMILES string of the molecule is O=C(O)C1CC12CCN(C(=O)C1CC1c1ccc(Cl)c(Cl)c1)CC2. The second kappa shape index (κ2) is 5.63. The van der Waals surface area contributed by atoms with E-state index in [2.05, 4.69) is 0 Å². The van der Waals surface area contributed by atoms with Gasteiger partial charge in [0.25, 0.3) is 0 Å². The van der Waals surface area contributed by atoms with E-state index in [0.717, 1.165) is 31.2 Å². The van der Waals surface area contributed by atoms with Crippen molar-refractivity contribution < 1.29 is 14.7 Å². The summed E-state index contributed by atoms with van der Waals surface area (Å²) in [7, 11) is 0. The Morgan fingerprint density at radius 3 is 2.46 bits per heavy atom. The van der Waals surface area contributed by atoms with Gasteiger partial charge in [-0.2, -0.15) is 0 Å². The van der Waals surface area contributed by atoms with Gasteiger partial charge in [0.15, 0.2) is 0 Å². The van der Waals surface area contributed by atoms with Crippen LogP contribution in [0.5, 0.6) is 0 Å². The van der Waals surface area contributed by atoms with E-state index >= 15 is 0 Å². The molecule has 1 spiro atoms. The molecule has 1 aliphatic heterocycles. The molecular weight excluding hydrogens is 349 g/mol. The maximum atomic E-state index is 12.7. The van der Waals surface area contributed by atoms with E-state index in [1.54, 1.807) is 6.07 Å². The van der Waals surface area contributed by atoms with Gasteiger partial charge in [0, 0.05) is 19.0 Å². The Morgan fingerprint density at radius 2 is 1.88 bits per heavy atom. The Balaban J connectivity index is 1.35. The molecule has 1 amide bonds. The summed E-state index contributed by atoms with van der Waals surface area (Å²) in [6.07, 6.45) is 3.27. The quantitative estimate of drug-likeness (QED) is 0.883. The summed E-state index contributed by atoms with van der Waals surface area (Å²) in [5.74, 6) is -0.411. The van der Waals surface area contributed by atoms with Gasteiger partial charge in [-0.25, -0.2) is 0 Å². The lowest BCUT2D eigenvalue weighted by atomic mass is 9.90. The van der Waals surface area contributed by atoms with Gasteiger partial charge in [0.2, 0.25) is 5.91 Å². The molecule has 1 aromatic carbocycles. The van der Waals surface area contributed by atoms with Crippen LogP contribution in [0.2, 0.25) is 10.0 Å². The highest BCUT2D eigenvalue weighted by Gasteiger charge is 2.59. The molecule has 6 heteroatoms. The molecule has 1 heterocycles. The number of benzene rings is 1. The first-order chi connectivity index (χ1) is 11.4. The third kappa shape index (κ3) is 2.70. The summed E-state index contributed by atoms with van der Waals surface area (Å²) in [5.41, 5.74) is 1.04. The third-order valence-electron chi connectivity index (χ3n) is 6.04. The maximum absolute atomic E-state index is 12.7. The van der Waals surface area contributed by atoms with Crippen LogP contribution in [0.4, 0.5) is 0 Å². The number of aliphatic carboxylic acids is 1. The number of nitrogens with zero attached hydrogens (tertiary/aromatic N) is 1. The van der Waals surface area contributed by atoms with Gasteiger partial charge in [-0.05, 0) is 54.7 Å². The molecule has 2 aliphatic carbocycles. The first-order valence-electron chi connectivity index (χ1n) is 8.38. The first-order valence-corrected chi connectivity index (χ1v) is 9.13. The second-order valence-corrected chi connectivity index (χ2v) is 8.22. The first kappa shape index (κ1) is 16.2. The smallest absolute Gasteiger partial charge is 0.307 e. The van der Waals surface area contributed by atoms with E-state index in [-0.39, 0.29) is 29.1 Å². The van der Waals surface area contributed by atoms with E-state index in [1.165, 1.54) is 0 Å². The molecule has 3 fully saturated rings. The number of carbonyl (C=O) groups excluding carboxylic acids is 1. The van der Waals surface area contributed by atoms with Gasteiger partial charge in [-0.3, -0.25) is 9.59 Å². The molecule has 24 heavy (non-hydrogen) atoms. The molecule has 0 bridgehead atoms. The lowest BCUT2D eigenvalue weighted by Gasteiger charge is -2.33. The van der Waals surface area contributed by atoms with Crippen LogP contribution >= 0.6 is 23.2 Å². The minimum Gasteiger partial charge on any atom is -0.481 e. The van der Waals surface area contributed by atoms with Crippen molar-refractivity contribution in [2.75, 3.05) is 13.1 Å². The molecule has 3 atom stereocenters. The van der Waals surface area contributed by atoms with Crippen molar-refractivity contribution in [2.24, 2.45) is 17.3 Å². The molecule has 3 unspecified atom stereocenters. The number of rotatable bonds is 3. The van der Waals surface area contributed by atoms with Crippen molar-refractivity contribution in [3.8, 4) is 0 Å². The predicted molar refractivity (Wildman–Crippen MR) is 91.3 cm³/mol. The molecule has 1 aromatic rings. The number of hydrogen-bond acceptors (Lipinski definition) is 2. The Labute approximate surface area is 150 Å². The minimum atomic E-state index is -0.684. The molecule has 3 aliphatic rings. The van der Waals surface area contributed by atoms with Crippen LogP contribution < -0.4 is 0 Å². The number of carboxylic acids is 1. The van der Waals surface area contributed by atoms with Gasteiger partial charge in [-0.15, -0.1) is 0 Å². The number of hydrogen-bond donors (Lipinski definition) is 1. The van der Waals surface area contributed by atoms with Crippen molar-refractivity contribution in [3.05, 3.63) is 33.8 Å². The molecule has 1 saturated heterocycles. The van der Waals surface area contributed by atoms with Crippen molar-refractivity contribution in [3.63, 3.8) is 0 Å². The van der Waals surface area contributed by atoms with Crippen LogP contribution in [0.25, 0.3) is 0 Å². The maximum Gasteiger partial charge on any atom is 0.307 e. The van der Waals surface area contributed by atoms with E-state index in [0.29, 0.717) is 23.1 Å². The summed E-state index contributed by atoms with van der Waals surface area (Å²) in [6.45, 7) is 1.38. The van der Waals surface area contributed by atoms with E-state index in [4.69, 9.17) is 28.3 Å².